The van der Waals surface area contributed by atoms with E-state index < -0.39 is 0 Å². The molecule has 2 aromatic heterocycles. The number of benzene rings is 1. The minimum atomic E-state index is 0.548. The van der Waals surface area contributed by atoms with Crippen LogP contribution < -0.4 is 0 Å². The van der Waals surface area contributed by atoms with Crippen molar-refractivity contribution in [1.29, 1.82) is 0 Å². The number of H-pyrrole nitrogens is 1. The third kappa shape index (κ3) is 2.32. The summed E-state index contributed by atoms with van der Waals surface area (Å²) in [5.74, 6) is 0.705. The van der Waals surface area contributed by atoms with E-state index in [1.54, 1.807) is 6.20 Å². The average Bonchev–Trinajstić information content (AvgIpc) is 2.84. The molecule has 6 heteroatoms. The summed E-state index contributed by atoms with van der Waals surface area (Å²) in [7, 11) is 0. The van der Waals surface area contributed by atoms with Gasteiger partial charge in [-0.3, -0.25) is 14.6 Å². The number of halogens is 1. The van der Waals surface area contributed by atoms with Crippen LogP contribution in [0.15, 0.2) is 47.1 Å². The van der Waals surface area contributed by atoms with Crippen molar-refractivity contribution in [2.75, 3.05) is 0 Å². The van der Waals surface area contributed by atoms with Gasteiger partial charge in [0.05, 0.1) is 5.69 Å². The fourth-order valence-electron chi connectivity index (χ4n) is 2.01. The normalized spacial score (nSPS) is 10.7. The first-order valence-corrected chi connectivity index (χ1v) is 7.22. The molecule has 1 N–H and O–H groups in total. The van der Waals surface area contributed by atoms with Crippen LogP contribution >= 0.6 is 28.1 Å². The topological polar surface area (TPSA) is 46.5 Å². The Morgan fingerprint density at radius 3 is 2.85 bits per heavy atom. The molecule has 1 aromatic carbocycles. The fraction of sp³-hybridized carbons (Fsp3) is 0.0714. The maximum atomic E-state index is 5.36. The predicted octanol–water partition coefficient (Wildman–Crippen LogP) is 4.06. The standard InChI is InChI=1S/C14H11BrN4S/c1-9-5-6-10(15)8-12(9)19-13(17-18-14(19)20)11-4-2-3-7-16-11/h2-8H,1H3,(H,18,20). The van der Waals surface area contributed by atoms with Gasteiger partial charge in [0.25, 0.3) is 0 Å². The van der Waals surface area contributed by atoms with Crippen molar-refractivity contribution >= 4 is 28.1 Å². The van der Waals surface area contributed by atoms with E-state index in [0.717, 1.165) is 21.4 Å². The summed E-state index contributed by atoms with van der Waals surface area (Å²) in [6.07, 6.45) is 1.74. The Hall–Kier alpha value is -1.79. The number of aromatic nitrogens is 4. The largest absolute Gasteiger partial charge is 0.267 e. The molecule has 0 aliphatic carbocycles. The second-order valence-electron chi connectivity index (χ2n) is 4.33. The van der Waals surface area contributed by atoms with E-state index in [4.69, 9.17) is 12.2 Å². The van der Waals surface area contributed by atoms with E-state index in [1.165, 1.54) is 0 Å². The Morgan fingerprint density at radius 2 is 2.10 bits per heavy atom. The van der Waals surface area contributed by atoms with Crippen LogP contribution in [0.5, 0.6) is 0 Å². The second kappa shape index (κ2) is 5.30. The Morgan fingerprint density at radius 1 is 1.25 bits per heavy atom. The van der Waals surface area contributed by atoms with Crippen LogP contribution in [0.4, 0.5) is 0 Å². The Bertz CT molecular complexity index is 808. The van der Waals surface area contributed by atoms with Gasteiger partial charge in [-0.25, -0.2) is 0 Å². The molecular formula is C14H11BrN4S. The van der Waals surface area contributed by atoms with Gasteiger partial charge < -0.3 is 0 Å². The van der Waals surface area contributed by atoms with Gasteiger partial charge in [-0.2, -0.15) is 5.10 Å². The second-order valence-corrected chi connectivity index (χ2v) is 5.64. The van der Waals surface area contributed by atoms with Gasteiger partial charge in [-0.15, -0.1) is 0 Å². The highest BCUT2D eigenvalue weighted by Gasteiger charge is 2.13. The summed E-state index contributed by atoms with van der Waals surface area (Å²) in [5.41, 5.74) is 2.88. The zero-order valence-corrected chi connectivity index (χ0v) is 13.1. The van der Waals surface area contributed by atoms with E-state index in [1.807, 2.05) is 47.9 Å². The zero-order valence-electron chi connectivity index (χ0n) is 10.7. The third-order valence-corrected chi connectivity index (χ3v) is 3.75. The number of hydrogen-bond donors (Lipinski definition) is 1. The zero-order chi connectivity index (χ0) is 14.1. The molecule has 0 spiro atoms. The number of pyridine rings is 1. The molecule has 0 amide bonds. The van der Waals surface area contributed by atoms with Gasteiger partial charge in [-0.1, -0.05) is 28.1 Å². The summed E-state index contributed by atoms with van der Waals surface area (Å²) in [5, 5.41) is 7.14. The molecule has 0 saturated carbocycles. The number of rotatable bonds is 2. The Balaban J connectivity index is 2.27. The van der Waals surface area contributed by atoms with E-state index in [2.05, 4.69) is 31.1 Å². The molecule has 0 fully saturated rings. The molecule has 0 saturated heterocycles. The van der Waals surface area contributed by atoms with Crippen molar-refractivity contribution in [3.05, 3.63) is 57.4 Å². The number of nitrogens with one attached hydrogen (secondary N) is 1. The quantitative estimate of drug-likeness (QED) is 0.711. The SMILES string of the molecule is Cc1ccc(Br)cc1-n1c(-c2ccccn2)n[nH]c1=S. The molecule has 2 heterocycles. The average molecular weight is 347 g/mol. The van der Waals surface area contributed by atoms with Crippen molar-refractivity contribution in [2.45, 2.75) is 6.92 Å². The molecular weight excluding hydrogens is 336 g/mol. The van der Waals surface area contributed by atoms with E-state index in [9.17, 15) is 0 Å². The van der Waals surface area contributed by atoms with Gasteiger partial charge >= 0.3 is 0 Å². The van der Waals surface area contributed by atoms with Crippen molar-refractivity contribution < 1.29 is 0 Å². The van der Waals surface area contributed by atoms with Gasteiger partial charge in [0.2, 0.25) is 0 Å². The fourth-order valence-corrected chi connectivity index (χ4v) is 2.59. The van der Waals surface area contributed by atoms with Crippen LogP contribution in [0.3, 0.4) is 0 Å². The molecule has 3 rings (SSSR count). The highest BCUT2D eigenvalue weighted by atomic mass is 79.9. The number of hydrogen-bond acceptors (Lipinski definition) is 3. The van der Waals surface area contributed by atoms with Gasteiger partial charge in [0.1, 0.15) is 5.69 Å². The third-order valence-electron chi connectivity index (χ3n) is 2.98. The van der Waals surface area contributed by atoms with Crippen molar-refractivity contribution in [3.8, 4) is 17.2 Å². The van der Waals surface area contributed by atoms with Gasteiger partial charge in [0.15, 0.2) is 10.6 Å². The molecule has 100 valence electrons. The monoisotopic (exact) mass is 346 g/mol. The molecule has 0 aliphatic rings. The lowest BCUT2D eigenvalue weighted by atomic mass is 10.2. The number of aromatic amines is 1. The summed E-state index contributed by atoms with van der Waals surface area (Å²) in [4.78, 5) is 4.34. The van der Waals surface area contributed by atoms with Crippen LogP contribution in [0.2, 0.25) is 0 Å². The minimum Gasteiger partial charge on any atom is -0.267 e. The molecule has 0 unspecified atom stereocenters. The molecule has 3 aromatic rings. The summed E-state index contributed by atoms with van der Waals surface area (Å²) in [6.45, 7) is 2.04. The van der Waals surface area contributed by atoms with Crippen molar-refractivity contribution in [1.82, 2.24) is 19.7 Å². The maximum Gasteiger partial charge on any atom is 0.200 e. The lowest BCUT2D eigenvalue weighted by molar-refractivity contribution is 1.01. The van der Waals surface area contributed by atoms with Crippen LogP contribution in [0.1, 0.15) is 5.56 Å². The maximum absolute atomic E-state index is 5.36. The van der Waals surface area contributed by atoms with Crippen LogP contribution in [0, 0.1) is 11.7 Å². The smallest absolute Gasteiger partial charge is 0.200 e. The van der Waals surface area contributed by atoms with Crippen LogP contribution in [-0.4, -0.2) is 19.7 Å². The van der Waals surface area contributed by atoms with E-state index in [0.29, 0.717) is 10.6 Å². The highest BCUT2D eigenvalue weighted by Crippen LogP contribution is 2.24. The number of aryl methyl sites for hydroxylation is 1. The van der Waals surface area contributed by atoms with Crippen molar-refractivity contribution in [2.24, 2.45) is 0 Å². The van der Waals surface area contributed by atoms with Gasteiger partial charge in [-0.05, 0) is 49.0 Å². The molecule has 4 nitrogen and oxygen atoms in total. The lowest BCUT2D eigenvalue weighted by Crippen LogP contribution is -2.01. The lowest BCUT2D eigenvalue weighted by Gasteiger charge is -2.10. The highest BCUT2D eigenvalue weighted by molar-refractivity contribution is 9.10. The minimum absolute atomic E-state index is 0.548. The van der Waals surface area contributed by atoms with E-state index in [-0.39, 0.29) is 0 Å². The first kappa shape index (κ1) is 13.2. The summed E-state index contributed by atoms with van der Waals surface area (Å²) in [6, 6.07) is 11.8. The number of nitrogens with zero attached hydrogens (tertiary/aromatic N) is 3. The van der Waals surface area contributed by atoms with Gasteiger partial charge in [0, 0.05) is 10.7 Å². The molecule has 0 atom stereocenters. The van der Waals surface area contributed by atoms with Crippen LogP contribution in [0.25, 0.3) is 17.2 Å². The molecule has 20 heavy (non-hydrogen) atoms. The van der Waals surface area contributed by atoms with E-state index >= 15 is 0 Å². The molecule has 0 aliphatic heterocycles. The molecule has 0 radical (unpaired) electrons. The first-order chi connectivity index (χ1) is 9.66. The Labute approximate surface area is 129 Å². The van der Waals surface area contributed by atoms with Crippen molar-refractivity contribution in [3.63, 3.8) is 0 Å². The summed E-state index contributed by atoms with van der Waals surface area (Å²) < 4.78 is 3.44. The molecule has 0 bridgehead atoms. The first-order valence-electron chi connectivity index (χ1n) is 6.02. The summed E-state index contributed by atoms with van der Waals surface area (Å²) >= 11 is 8.85. The predicted molar refractivity (Wildman–Crippen MR) is 84.4 cm³/mol. The Kier molecular flexibility index (Phi) is 3.50. The van der Waals surface area contributed by atoms with Crippen LogP contribution in [-0.2, 0) is 0 Å².